The minimum atomic E-state index is -0.886. The van der Waals surface area contributed by atoms with E-state index in [4.69, 9.17) is 5.11 Å². The van der Waals surface area contributed by atoms with E-state index in [2.05, 4.69) is 11.8 Å². The summed E-state index contributed by atoms with van der Waals surface area (Å²) in [5.41, 5.74) is 0. The fraction of sp³-hybridized carbons (Fsp3) is 0.833. The monoisotopic (exact) mass is 255 g/mol. The number of rotatable bonds is 1. The van der Waals surface area contributed by atoms with Crippen LogP contribution in [0.1, 0.15) is 19.8 Å². The summed E-state index contributed by atoms with van der Waals surface area (Å²) in [6, 6.07) is -0.416. The molecule has 1 N–H and O–H groups in total. The van der Waals surface area contributed by atoms with Gasteiger partial charge in [0.05, 0.1) is 0 Å². The molecule has 2 fully saturated rings. The lowest BCUT2D eigenvalue weighted by Gasteiger charge is -2.39. The largest absolute Gasteiger partial charge is 0.480 e. The second-order valence-electron chi connectivity index (χ2n) is 5.25. The van der Waals surface area contributed by atoms with Crippen LogP contribution in [-0.2, 0) is 4.79 Å². The van der Waals surface area contributed by atoms with Gasteiger partial charge in [-0.3, -0.25) is 0 Å². The molecular weight excluding hydrogens is 234 g/mol. The molecule has 102 valence electrons. The molecule has 1 unspecified atom stereocenters. The van der Waals surface area contributed by atoms with Crippen LogP contribution in [0.5, 0.6) is 0 Å². The van der Waals surface area contributed by atoms with Crippen LogP contribution in [0.15, 0.2) is 0 Å². The average molecular weight is 255 g/mol. The maximum absolute atomic E-state index is 12.3. The van der Waals surface area contributed by atoms with Crippen molar-refractivity contribution in [2.75, 3.05) is 33.2 Å². The van der Waals surface area contributed by atoms with E-state index in [0.29, 0.717) is 32.1 Å². The van der Waals surface area contributed by atoms with Crippen LogP contribution in [0.3, 0.4) is 0 Å². The molecule has 6 heteroatoms. The third-order valence-electron chi connectivity index (χ3n) is 4.01. The van der Waals surface area contributed by atoms with Gasteiger partial charge in [0.25, 0.3) is 0 Å². The fourth-order valence-corrected chi connectivity index (χ4v) is 2.66. The number of nitrogens with zero attached hydrogens (tertiary/aromatic N) is 3. The summed E-state index contributed by atoms with van der Waals surface area (Å²) in [6.45, 7) is 4.85. The number of aliphatic carboxylic acids is 1. The standard InChI is InChI=1S/C12H21N3O3/c1-9-8-14(7-6-13(9)2)12(18)15-5-3-4-10(15)11(16)17/h9-10H,3-8H2,1-2H3,(H,16,17)/t9?,10-/m1/s1. The third kappa shape index (κ3) is 2.43. The number of likely N-dealkylation sites (N-methyl/N-ethyl adjacent to an activating group) is 1. The van der Waals surface area contributed by atoms with Crippen LogP contribution in [0.2, 0.25) is 0 Å². The van der Waals surface area contributed by atoms with Crippen LogP contribution in [0, 0.1) is 0 Å². The lowest BCUT2D eigenvalue weighted by atomic mass is 10.2. The molecule has 6 nitrogen and oxygen atoms in total. The highest BCUT2D eigenvalue weighted by molar-refractivity contribution is 5.83. The molecule has 0 saturated carbocycles. The van der Waals surface area contributed by atoms with Gasteiger partial charge in [-0.25, -0.2) is 9.59 Å². The molecule has 2 saturated heterocycles. The van der Waals surface area contributed by atoms with E-state index in [1.54, 1.807) is 4.90 Å². The third-order valence-corrected chi connectivity index (χ3v) is 4.01. The van der Waals surface area contributed by atoms with Crippen molar-refractivity contribution in [1.29, 1.82) is 0 Å². The van der Waals surface area contributed by atoms with Gasteiger partial charge >= 0.3 is 12.0 Å². The van der Waals surface area contributed by atoms with Gasteiger partial charge in [0.2, 0.25) is 0 Å². The topological polar surface area (TPSA) is 64.1 Å². The zero-order valence-electron chi connectivity index (χ0n) is 11.0. The lowest BCUT2D eigenvalue weighted by molar-refractivity contribution is -0.141. The van der Waals surface area contributed by atoms with Crippen molar-refractivity contribution in [1.82, 2.24) is 14.7 Å². The molecule has 2 amide bonds. The highest BCUT2D eigenvalue weighted by Gasteiger charge is 2.37. The minimum Gasteiger partial charge on any atom is -0.480 e. The first-order valence-electron chi connectivity index (χ1n) is 6.49. The number of hydrogen-bond acceptors (Lipinski definition) is 3. The van der Waals surface area contributed by atoms with Crippen LogP contribution in [0.4, 0.5) is 4.79 Å². The Morgan fingerprint density at radius 2 is 1.94 bits per heavy atom. The number of piperazine rings is 1. The molecule has 0 aromatic heterocycles. The molecule has 0 aromatic carbocycles. The minimum absolute atomic E-state index is 0.111. The van der Waals surface area contributed by atoms with E-state index >= 15 is 0 Å². The van der Waals surface area contributed by atoms with Crippen molar-refractivity contribution in [3.05, 3.63) is 0 Å². The summed E-state index contributed by atoms with van der Waals surface area (Å²) in [6.07, 6.45) is 1.36. The van der Waals surface area contributed by atoms with Gasteiger partial charge in [-0.15, -0.1) is 0 Å². The van der Waals surface area contributed by atoms with Crippen molar-refractivity contribution in [2.45, 2.75) is 31.8 Å². The van der Waals surface area contributed by atoms with E-state index in [-0.39, 0.29) is 6.03 Å². The van der Waals surface area contributed by atoms with Crippen molar-refractivity contribution in [3.8, 4) is 0 Å². The molecule has 0 aromatic rings. The Labute approximate surface area is 107 Å². The van der Waals surface area contributed by atoms with Crippen molar-refractivity contribution < 1.29 is 14.7 Å². The van der Waals surface area contributed by atoms with E-state index in [9.17, 15) is 9.59 Å². The quantitative estimate of drug-likeness (QED) is 0.731. The Morgan fingerprint density at radius 3 is 2.56 bits per heavy atom. The summed E-state index contributed by atoms with van der Waals surface area (Å²) >= 11 is 0. The molecule has 0 radical (unpaired) electrons. The van der Waals surface area contributed by atoms with Crippen molar-refractivity contribution in [2.24, 2.45) is 0 Å². The van der Waals surface area contributed by atoms with Crippen molar-refractivity contribution in [3.63, 3.8) is 0 Å². The summed E-state index contributed by atoms with van der Waals surface area (Å²) in [7, 11) is 2.04. The maximum Gasteiger partial charge on any atom is 0.326 e. The highest BCUT2D eigenvalue weighted by Crippen LogP contribution is 2.20. The number of carbonyl (C=O) groups is 2. The van der Waals surface area contributed by atoms with Gasteiger partial charge in [-0.2, -0.15) is 0 Å². The second-order valence-corrected chi connectivity index (χ2v) is 5.25. The van der Waals surface area contributed by atoms with Crippen LogP contribution >= 0.6 is 0 Å². The Kier molecular flexibility index (Phi) is 3.75. The summed E-state index contributed by atoms with van der Waals surface area (Å²) in [5.74, 6) is -0.886. The Morgan fingerprint density at radius 1 is 1.22 bits per heavy atom. The average Bonchev–Trinajstić information content (AvgIpc) is 2.81. The number of hydrogen-bond donors (Lipinski definition) is 1. The lowest BCUT2D eigenvalue weighted by Crippen LogP contribution is -2.56. The first-order chi connectivity index (χ1) is 8.50. The number of amides is 2. The molecule has 0 spiro atoms. The molecule has 0 bridgehead atoms. The van der Waals surface area contributed by atoms with Gasteiger partial charge < -0.3 is 19.8 Å². The first kappa shape index (κ1) is 13.1. The first-order valence-corrected chi connectivity index (χ1v) is 6.49. The van der Waals surface area contributed by atoms with Gasteiger partial charge in [-0.1, -0.05) is 0 Å². The van der Waals surface area contributed by atoms with Crippen molar-refractivity contribution >= 4 is 12.0 Å². The Bertz CT molecular complexity index is 347. The Balaban J connectivity index is 2.01. The maximum atomic E-state index is 12.3. The number of likely N-dealkylation sites (tertiary alicyclic amines) is 1. The molecular formula is C12H21N3O3. The highest BCUT2D eigenvalue weighted by atomic mass is 16.4. The zero-order chi connectivity index (χ0) is 13.3. The van der Waals surface area contributed by atoms with Gasteiger partial charge in [0, 0.05) is 32.2 Å². The van der Waals surface area contributed by atoms with E-state index < -0.39 is 12.0 Å². The van der Waals surface area contributed by atoms with Crippen LogP contribution < -0.4 is 0 Å². The van der Waals surface area contributed by atoms with Gasteiger partial charge in [-0.05, 0) is 26.8 Å². The molecule has 18 heavy (non-hydrogen) atoms. The van der Waals surface area contributed by atoms with E-state index in [0.717, 1.165) is 13.0 Å². The normalized spacial score (nSPS) is 29.7. The predicted molar refractivity (Wildman–Crippen MR) is 66.4 cm³/mol. The number of carboxylic acid groups (broad SMARTS) is 1. The summed E-state index contributed by atoms with van der Waals surface area (Å²) in [5, 5.41) is 9.10. The summed E-state index contributed by atoms with van der Waals surface area (Å²) < 4.78 is 0. The van der Waals surface area contributed by atoms with E-state index in [1.807, 2.05) is 7.05 Å². The van der Waals surface area contributed by atoms with Crippen LogP contribution in [-0.4, -0.2) is 77.1 Å². The molecule has 2 heterocycles. The second kappa shape index (κ2) is 5.14. The van der Waals surface area contributed by atoms with E-state index in [1.165, 1.54) is 4.90 Å². The molecule has 0 aliphatic carbocycles. The SMILES string of the molecule is CC1CN(C(=O)N2CCC[C@@H]2C(=O)O)CCN1C. The molecule has 2 atom stereocenters. The number of carboxylic acids is 1. The fourth-order valence-electron chi connectivity index (χ4n) is 2.66. The van der Waals surface area contributed by atoms with Crippen LogP contribution in [0.25, 0.3) is 0 Å². The molecule has 2 aliphatic heterocycles. The smallest absolute Gasteiger partial charge is 0.326 e. The Hall–Kier alpha value is -1.30. The van der Waals surface area contributed by atoms with Gasteiger partial charge in [0.1, 0.15) is 6.04 Å². The number of carbonyl (C=O) groups excluding carboxylic acids is 1. The molecule has 2 aliphatic rings. The zero-order valence-corrected chi connectivity index (χ0v) is 11.0. The number of urea groups is 1. The summed E-state index contributed by atoms with van der Waals surface area (Å²) in [4.78, 5) is 28.9. The predicted octanol–water partition coefficient (Wildman–Crippen LogP) is 0.291. The molecule has 2 rings (SSSR count). The van der Waals surface area contributed by atoms with Gasteiger partial charge in [0.15, 0.2) is 0 Å².